The lowest BCUT2D eigenvalue weighted by atomic mass is 10.1. The highest BCUT2D eigenvalue weighted by atomic mass is 16.7. The zero-order valence-electron chi connectivity index (χ0n) is 10.8. The van der Waals surface area contributed by atoms with Crippen LogP contribution in [0.15, 0.2) is 36.4 Å². The minimum Gasteiger partial charge on any atom is -0.454 e. The lowest BCUT2D eigenvalue weighted by Gasteiger charge is -2.11. The van der Waals surface area contributed by atoms with Gasteiger partial charge in [0.15, 0.2) is 11.5 Å². The third-order valence-electron chi connectivity index (χ3n) is 3.30. The molecule has 0 amide bonds. The van der Waals surface area contributed by atoms with Crippen molar-refractivity contribution in [2.45, 2.75) is 13.5 Å². The van der Waals surface area contributed by atoms with E-state index in [0.29, 0.717) is 6.79 Å². The van der Waals surface area contributed by atoms with E-state index in [-0.39, 0.29) is 0 Å². The number of benzene rings is 2. The Balaban J connectivity index is 1.74. The van der Waals surface area contributed by atoms with Crippen LogP contribution in [-0.4, -0.2) is 6.79 Å². The van der Waals surface area contributed by atoms with Crippen LogP contribution in [0, 0.1) is 6.92 Å². The molecule has 1 heterocycles. The van der Waals surface area contributed by atoms with Crippen LogP contribution in [0.4, 0.5) is 11.4 Å². The van der Waals surface area contributed by atoms with Crippen molar-refractivity contribution in [3.8, 4) is 11.5 Å². The molecule has 2 aromatic carbocycles. The number of hydrogen-bond acceptors (Lipinski definition) is 4. The van der Waals surface area contributed by atoms with Crippen LogP contribution < -0.4 is 20.5 Å². The molecule has 2 aromatic rings. The van der Waals surface area contributed by atoms with Crippen LogP contribution in [0.3, 0.4) is 0 Å². The summed E-state index contributed by atoms with van der Waals surface area (Å²) in [4.78, 5) is 0. The zero-order valence-corrected chi connectivity index (χ0v) is 10.8. The summed E-state index contributed by atoms with van der Waals surface area (Å²) in [5, 5.41) is 3.38. The van der Waals surface area contributed by atoms with Gasteiger partial charge in [0.1, 0.15) is 0 Å². The van der Waals surface area contributed by atoms with Gasteiger partial charge in [0, 0.05) is 17.9 Å². The number of fused-ring (bicyclic) bond motifs is 1. The molecule has 0 bridgehead atoms. The molecule has 4 nitrogen and oxygen atoms in total. The van der Waals surface area contributed by atoms with E-state index in [4.69, 9.17) is 15.2 Å². The molecule has 0 spiro atoms. The Labute approximate surface area is 112 Å². The summed E-state index contributed by atoms with van der Waals surface area (Å²) in [6.07, 6.45) is 0. The summed E-state index contributed by atoms with van der Waals surface area (Å²) in [7, 11) is 0. The fraction of sp³-hybridized carbons (Fsp3) is 0.200. The highest BCUT2D eigenvalue weighted by molar-refractivity contribution is 5.63. The van der Waals surface area contributed by atoms with Gasteiger partial charge in [-0.3, -0.25) is 0 Å². The molecule has 0 radical (unpaired) electrons. The number of hydrogen-bond donors (Lipinski definition) is 2. The molecule has 0 unspecified atom stereocenters. The second-order valence-electron chi connectivity index (χ2n) is 4.56. The molecule has 0 atom stereocenters. The van der Waals surface area contributed by atoms with Gasteiger partial charge in [-0.15, -0.1) is 0 Å². The van der Waals surface area contributed by atoms with Crippen molar-refractivity contribution in [3.05, 3.63) is 47.5 Å². The van der Waals surface area contributed by atoms with E-state index in [9.17, 15) is 0 Å². The molecule has 3 N–H and O–H groups in total. The SMILES string of the molecule is Cc1c(N)cccc1NCc1ccc2c(c1)OCO2. The minimum atomic E-state index is 0.306. The van der Waals surface area contributed by atoms with E-state index in [1.807, 2.05) is 43.3 Å². The summed E-state index contributed by atoms with van der Waals surface area (Å²) in [5.41, 5.74) is 9.96. The van der Waals surface area contributed by atoms with E-state index < -0.39 is 0 Å². The lowest BCUT2D eigenvalue weighted by molar-refractivity contribution is 0.174. The van der Waals surface area contributed by atoms with Gasteiger partial charge in [-0.05, 0) is 42.3 Å². The number of nitrogen functional groups attached to an aromatic ring is 1. The van der Waals surface area contributed by atoms with Crippen molar-refractivity contribution in [1.82, 2.24) is 0 Å². The second kappa shape index (κ2) is 4.72. The highest BCUT2D eigenvalue weighted by Gasteiger charge is 2.13. The van der Waals surface area contributed by atoms with Crippen molar-refractivity contribution in [2.24, 2.45) is 0 Å². The Bertz CT molecular complexity index is 611. The molecule has 0 saturated heterocycles. The van der Waals surface area contributed by atoms with Crippen molar-refractivity contribution >= 4 is 11.4 Å². The molecule has 0 aromatic heterocycles. The normalized spacial score (nSPS) is 12.5. The maximum Gasteiger partial charge on any atom is 0.231 e. The zero-order chi connectivity index (χ0) is 13.2. The number of anilines is 2. The van der Waals surface area contributed by atoms with Gasteiger partial charge in [0.2, 0.25) is 6.79 Å². The molecule has 4 heteroatoms. The van der Waals surface area contributed by atoms with Gasteiger partial charge < -0.3 is 20.5 Å². The Morgan fingerprint density at radius 3 is 2.89 bits per heavy atom. The number of rotatable bonds is 3. The van der Waals surface area contributed by atoms with E-state index in [1.165, 1.54) is 0 Å². The predicted octanol–water partition coefficient (Wildman–Crippen LogP) is 2.92. The van der Waals surface area contributed by atoms with Crippen LogP contribution in [0.2, 0.25) is 0 Å². The highest BCUT2D eigenvalue weighted by Crippen LogP contribution is 2.32. The summed E-state index contributed by atoms with van der Waals surface area (Å²) >= 11 is 0. The van der Waals surface area contributed by atoms with Crippen LogP contribution in [0.5, 0.6) is 11.5 Å². The van der Waals surface area contributed by atoms with Gasteiger partial charge in [0.25, 0.3) is 0 Å². The topological polar surface area (TPSA) is 56.5 Å². The number of ether oxygens (including phenoxy) is 2. The molecule has 1 aliphatic heterocycles. The number of nitrogens with one attached hydrogen (secondary N) is 1. The van der Waals surface area contributed by atoms with Crippen molar-refractivity contribution < 1.29 is 9.47 Å². The first-order valence-electron chi connectivity index (χ1n) is 6.21. The summed E-state index contributed by atoms with van der Waals surface area (Å²) in [5.74, 6) is 1.62. The fourth-order valence-corrected chi connectivity index (χ4v) is 2.09. The second-order valence-corrected chi connectivity index (χ2v) is 4.56. The summed E-state index contributed by atoms with van der Waals surface area (Å²) < 4.78 is 10.7. The number of nitrogens with two attached hydrogens (primary N) is 1. The largest absolute Gasteiger partial charge is 0.454 e. The summed E-state index contributed by atoms with van der Waals surface area (Å²) in [6.45, 7) is 3.04. The predicted molar refractivity (Wildman–Crippen MR) is 75.5 cm³/mol. The van der Waals surface area contributed by atoms with E-state index >= 15 is 0 Å². The first-order valence-corrected chi connectivity index (χ1v) is 6.21. The molecular formula is C15H16N2O2. The molecule has 19 heavy (non-hydrogen) atoms. The van der Waals surface area contributed by atoms with Gasteiger partial charge >= 0.3 is 0 Å². The third-order valence-corrected chi connectivity index (χ3v) is 3.30. The molecule has 1 aliphatic rings. The van der Waals surface area contributed by atoms with Gasteiger partial charge in [-0.2, -0.15) is 0 Å². The minimum absolute atomic E-state index is 0.306. The van der Waals surface area contributed by atoms with Crippen molar-refractivity contribution in [3.63, 3.8) is 0 Å². The van der Waals surface area contributed by atoms with E-state index in [1.54, 1.807) is 0 Å². The Morgan fingerprint density at radius 1 is 1.16 bits per heavy atom. The average Bonchev–Trinajstić information content (AvgIpc) is 2.88. The third kappa shape index (κ3) is 2.29. The first-order chi connectivity index (χ1) is 9.24. The Morgan fingerprint density at radius 2 is 2.00 bits per heavy atom. The van der Waals surface area contributed by atoms with E-state index in [2.05, 4.69) is 5.32 Å². The van der Waals surface area contributed by atoms with Gasteiger partial charge in [-0.1, -0.05) is 12.1 Å². The maximum absolute atomic E-state index is 5.89. The molecule has 0 aliphatic carbocycles. The summed E-state index contributed by atoms with van der Waals surface area (Å²) in [6, 6.07) is 11.8. The molecule has 0 saturated carbocycles. The Kier molecular flexibility index (Phi) is 2.91. The van der Waals surface area contributed by atoms with Crippen LogP contribution in [0.1, 0.15) is 11.1 Å². The van der Waals surface area contributed by atoms with Crippen LogP contribution in [0.25, 0.3) is 0 Å². The fourth-order valence-electron chi connectivity index (χ4n) is 2.09. The monoisotopic (exact) mass is 256 g/mol. The quantitative estimate of drug-likeness (QED) is 0.829. The molecule has 3 rings (SSSR count). The van der Waals surface area contributed by atoms with Crippen molar-refractivity contribution in [1.29, 1.82) is 0 Å². The smallest absolute Gasteiger partial charge is 0.231 e. The first kappa shape index (κ1) is 11.7. The van der Waals surface area contributed by atoms with Crippen molar-refractivity contribution in [2.75, 3.05) is 17.8 Å². The Hall–Kier alpha value is -2.36. The van der Waals surface area contributed by atoms with E-state index in [0.717, 1.165) is 40.5 Å². The average molecular weight is 256 g/mol. The van der Waals surface area contributed by atoms with Gasteiger partial charge in [-0.25, -0.2) is 0 Å². The van der Waals surface area contributed by atoms with Crippen LogP contribution >= 0.6 is 0 Å². The standard InChI is InChI=1S/C15H16N2O2/c1-10-12(16)3-2-4-13(10)17-8-11-5-6-14-15(7-11)19-9-18-14/h2-7,17H,8-9,16H2,1H3. The molecule has 0 fully saturated rings. The molecular weight excluding hydrogens is 240 g/mol. The van der Waals surface area contributed by atoms with Crippen LogP contribution in [-0.2, 0) is 6.54 Å². The molecule has 98 valence electrons. The lowest BCUT2D eigenvalue weighted by Crippen LogP contribution is -2.02. The van der Waals surface area contributed by atoms with Gasteiger partial charge in [0.05, 0.1) is 0 Å². The maximum atomic E-state index is 5.89.